The standard InChI is InChI=1S/C25H26F3N5O5S/c1-16-14-19(32(2)23(29)35)7-6-17(16)8-13-39(36,37)33-11-9-24(10-12-33)22(34)30-21(31-24)18-4-3-5-20(15-18)38-25(26,27)28/h3-8,13-15H,9-12H2,1-2H3,(H2,29,35)(H,30,31,34). The van der Waals surface area contributed by atoms with E-state index in [-0.39, 0.29) is 37.3 Å². The van der Waals surface area contributed by atoms with Crippen molar-refractivity contribution in [2.45, 2.75) is 31.7 Å². The molecule has 2 aliphatic heterocycles. The number of nitrogens with zero attached hydrogens (tertiary/aromatic N) is 3. The van der Waals surface area contributed by atoms with Crippen LogP contribution in [0.15, 0.2) is 52.9 Å². The maximum absolute atomic E-state index is 13.0. The maximum atomic E-state index is 13.0. The third-order valence-electron chi connectivity index (χ3n) is 6.62. The lowest BCUT2D eigenvalue weighted by Crippen LogP contribution is -2.50. The van der Waals surface area contributed by atoms with E-state index in [4.69, 9.17) is 5.73 Å². The number of piperidine rings is 1. The van der Waals surface area contributed by atoms with Gasteiger partial charge in [0.1, 0.15) is 17.1 Å². The van der Waals surface area contributed by atoms with Gasteiger partial charge in [-0.05, 0) is 61.2 Å². The highest BCUT2D eigenvalue weighted by Crippen LogP contribution is 2.33. The van der Waals surface area contributed by atoms with Crippen LogP contribution in [-0.2, 0) is 14.8 Å². The highest BCUT2D eigenvalue weighted by molar-refractivity contribution is 7.92. The number of benzene rings is 2. The minimum atomic E-state index is -4.86. The second kappa shape index (κ2) is 10.3. The number of amides is 3. The van der Waals surface area contributed by atoms with Gasteiger partial charge in [-0.2, -0.15) is 4.31 Å². The lowest BCUT2D eigenvalue weighted by atomic mass is 9.89. The molecular weight excluding hydrogens is 539 g/mol. The van der Waals surface area contributed by atoms with Gasteiger partial charge in [-0.25, -0.2) is 13.2 Å². The largest absolute Gasteiger partial charge is 0.573 e. The summed E-state index contributed by atoms with van der Waals surface area (Å²) in [6.07, 6.45) is -3.21. The number of hydrogen-bond acceptors (Lipinski definition) is 6. The molecule has 2 aliphatic rings. The van der Waals surface area contributed by atoms with Crippen LogP contribution < -0.4 is 20.7 Å². The number of primary amides is 1. The Morgan fingerprint density at radius 2 is 1.90 bits per heavy atom. The van der Waals surface area contributed by atoms with E-state index >= 15 is 0 Å². The van der Waals surface area contributed by atoms with E-state index in [2.05, 4.69) is 15.0 Å². The second-order valence-corrected chi connectivity index (χ2v) is 11.0. The van der Waals surface area contributed by atoms with E-state index in [0.29, 0.717) is 11.3 Å². The van der Waals surface area contributed by atoms with Crippen LogP contribution in [0.5, 0.6) is 5.75 Å². The molecule has 1 fully saturated rings. The molecule has 0 aromatic heterocycles. The molecule has 1 saturated heterocycles. The van der Waals surface area contributed by atoms with Gasteiger partial charge >= 0.3 is 12.4 Å². The number of urea groups is 1. The Morgan fingerprint density at radius 1 is 1.21 bits per heavy atom. The number of hydrogen-bond donors (Lipinski definition) is 2. The number of halogens is 3. The molecule has 2 aromatic rings. The SMILES string of the molecule is Cc1cc(N(C)C(N)=O)ccc1C=CS(=O)(=O)N1CCC2(CC1)N=C(c1cccc(OC(F)(F)F)c1)NC2=O. The smallest absolute Gasteiger partial charge is 0.406 e. The summed E-state index contributed by atoms with van der Waals surface area (Å²) in [6.45, 7) is 1.82. The third kappa shape index (κ3) is 6.23. The number of aryl methyl sites for hydroxylation is 1. The van der Waals surface area contributed by atoms with Crippen molar-refractivity contribution in [3.05, 3.63) is 64.6 Å². The first kappa shape index (κ1) is 28.1. The monoisotopic (exact) mass is 565 g/mol. The van der Waals surface area contributed by atoms with Crippen LogP contribution >= 0.6 is 0 Å². The predicted octanol–water partition coefficient (Wildman–Crippen LogP) is 3.12. The third-order valence-corrected chi connectivity index (χ3v) is 8.19. The molecule has 10 nitrogen and oxygen atoms in total. The summed E-state index contributed by atoms with van der Waals surface area (Å²) in [4.78, 5) is 29.9. The Balaban J connectivity index is 1.45. The molecule has 208 valence electrons. The van der Waals surface area contributed by atoms with Crippen molar-refractivity contribution in [2.75, 3.05) is 25.0 Å². The molecule has 0 radical (unpaired) electrons. The minimum Gasteiger partial charge on any atom is -0.406 e. The van der Waals surface area contributed by atoms with Gasteiger partial charge in [0.2, 0.25) is 10.0 Å². The Morgan fingerprint density at radius 3 is 2.51 bits per heavy atom. The molecule has 3 N–H and O–H groups in total. The molecule has 0 atom stereocenters. The fraction of sp³-hybridized carbons (Fsp3) is 0.320. The summed E-state index contributed by atoms with van der Waals surface area (Å²) < 4.78 is 68.9. The molecule has 1 spiro atoms. The number of nitrogens with one attached hydrogen (secondary N) is 1. The predicted molar refractivity (Wildman–Crippen MR) is 138 cm³/mol. The average molecular weight is 566 g/mol. The second-order valence-electron chi connectivity index (χ2n) is 9.21. The molecule has 39 heavy (non-hydrogen) atoms. The van der Waals surface area contributed by atoms with Gasteiger partial charge in [0, 0.05) is 36.8 Å². The van der Waals surface area contributed by atoms with Crippen molar-refractivity contribution in [1.29, 1.82) is 0 Å². The Bertz CT molecular complexity index is 1460. The molecule has 2 aromatic carbocycles. The van der Waals surface area contributed by atoms with Crippen LogP contribution in [0.4, 0.5) is 23.7 Å². The minimum absolute atomic E-state index is 0.0232. The summed E-state index contributed by atoms with van der Waals surface area (Å²) in [5.41, 5.74) is 6.24. The number of aliphatic imine (C=N–C) groups is 1. The van der Waals surface area contributed by atoms with Crippen LogP contribution in [0.2, 0.25) is 0 Å². The molecule has 2 heterocycles. The summed E-state index contributed by atoms with van der Waals surface area (Å²) >= 11 is 0. The van der Waals surface area contributed by atoms with Crippen molar-refractivity contribution in [3.63, 3.8) is 0 Å². The van der Waals surface area contributed by atoms with Crippen molar-refractivity contribution < 1.29 is 35.9 Å². The summed E-state index contributed by atoms with van der Waals surface area (Å²) in [7, 11) is -2.30. The number of ether oxygens (including phenoxy) is 1. The Labute approximate surface area is 223 Å². The van der Waals surface area contributed by atoms with Crippen molar-refractivity contribution in [3.8, 4) is 5.75 Å². The molecule has 0 aliphatic carbocycles. The molecule has 14 heteroatoms. The number of anilines is 1. The summed E-state index contributed by atoms with van der Waals surface area (Å²) in [5.74, 6) is -0.788. The van der Waals surface area contributed by atoms with E-state index in [0.717, 1.165) is 23.1 Å². The van der Waals surface area contributed by atoms with Crippen molar-refractivity contribution in [1.82, 2.24) is 9.62 Å². The van der Waals surface area contributed by atoms with Gasteiger partial charge in [0.25, 0.3) is 5.91 Å². The zero-order valence-electron chi connectivity index (χ0n) is 21.0. The van der Waals surface area contributed by atoms with E-state index in [1.165, 1.54) is 34.5 Å². The maximum Gasteiger partial charge on any atom is 0.573 e. The van der Waals surface area contributed by atoms with Gasteiger partial charge in [-0.15, -0.1) is 13.2 Å². The fourth-order valence-electron chi connectivity index (χ4n) is 4.37. The van der Waals surface area contributed by atoms with Crippen molar-refractivity contribution >= 4 is 39.6 Å². The first-order valence-corrected chi connectivity index (χ1v) is 13.3. The first-order chi connectivity index (χ1) is 18.2. The lowest BCUT2D eigenvalue weighted by molar-refractivity contribution is -0.274. The number of amidine groups is 1. The number of carbonyl (C=O) groups is 2. The fourth-order valence-corrected chi connectivity index (χ4v) is 5.55. The molecular formula is C25H26F3N5O5S. The van der Waals surface area contributed by atoms with Crippen LogP contribution in [0.3, 0.4) is 0 Å². The van der Waals surface area contributed by atoms with Gasteiger partial charge in [0.05, 0.1) is 0 Å². The zero-order chi connectivity index (χ0) is 28.6. The van der Waals surface area contributed by atoms with Gasteiger partial charge < -0.3 is 15.8 Å². The first-order valence-electron chi connectivity index (χ1n) is 11.8. The molecule has 4 rings (SSSR count). The van der Waals surface area contributed by atoms with Crippen LogP contribution in [0.25, 0.3) is 6.08 Å². The number of alkyl halides is 3. The van der Waals surface area contributed by atoms with E-state index in [1.54, 1.807) is 25.1 Å². The van der Waals surface area contributed by atoms with E-state index < -0.39 is 39.6 Å². The molecule has 3 amide bonds. The van der Waals surface area contributed by atoms with Gasteiger partial charge in [-0.1, -0.05) is 18.2 Å². The van der Waals surface area contributed by atoms with Crippen LogP contribution in [0.1, 0.15) is 29.5 Å². The quantitative estimate of drug-likeness (QED) is 0.555. The number of carbonyl (C=O) groups excluding carboxylic acids is 2. The van der Waals surface area contributed by atoms with Gasteiger partial charge in [0.15, 0.2) is 0 Å². The highest BCUT2D eigenvalue weighted by atomic mass is 32.2. The summed E-state index contributed by atoms with van der Waals surface area (Å²) in [6, 6.07) is 9.51. The van der Waals surface area contributed by atoms with E-state index in [1.807, 2.05) is 0 Å². The van der Waals surface area contributed by atoms with E-state index in [9.17, 15) is 31.2 Å². The Kier molecular flexibility index (Phi) is 7.45. The van der Waals surface area contributed by atoms with Gasteiger partial charge in [-0.3, -0.25) is 14.7 Å². The molecule has 0 bridgehead atoms. The zero-order valence-corrected chi connectivity index (χ0v) is 21.8. The number of nitrogens with two attached hydrogens (primary N) is 1. The average Bonchev–Trinajstić information content (AvgIpc) is 3.17. The summed E-state index contributed by atoms with van der Waals surface area (Å²) in [5, 5.41) is 3.69. The highest BCUT2D eigenvalue weighted by Gasteiger charge is 2.47. The van der Waals surface area contributed by atoms with Crippen LogP contribution in [-0.4, -0.2) is 62.5 Å². The normalized spacial score (nSPS) is 17.8. The van der Waals surface area contributed by atoms with Crippen LogP contribution in [0, 0.1) is 6.92 Å². The van der Waals surface area contributed by atoms with Crippen molar-refractivity contribution in [2.24, 2.45) is 10.7 Å². The number of sulfonamides is 1. The number of rotatable bonds is 6. The Hall–Kier alpha value is -3.91. The lowest BCUT2D eigenvalue weighted by Gasteiger charge is -2.34. The molecule has 0 saturated carbocycles. The molecule has 0 unspecified atom stereocenters. The topological polar surface area (TPSA) is 134 Å².